The molecular formula is C24H20N8O4S. The molecule has 0 unspecified atom stereocenters. The van der Waals surface area contributed by atoms with Crippen LogP contribution in [0.4, 0.5) is 11.4 Å². The predicted molar refractivity (Wildman–Crippen MR) is 135 cm³/mol. The monoisotopic (exact) mass is 516 g/mol. The van der Waals surface area contributed by atoms with Crippen LogP contribution >= 0.6 is 11.8 Å². The highest BCUT2D eigenvalue weighted by atomic mass is 32.2. The number of nitro groups is 2. The van der Waals surface area contributed by atoms with Crippen LogP contribution in [0.5, 0.6) is 0 Å². The molecule has 1 aromatic carbocycles. The Labute approximate surface area is 215 Å². The van der Waals surface area contributed by atoms with Crippen molar-refractivity contribution < 1.29 is 9.85 Å². The van der Waals surface area contributed by atoms with Gasteiger partial charge in [0.25, 0.3) is 11.4 Å². The molecule has 13 heteroatoms. The molecular weight excluding hydrogens is 496 g/mol. The fourth-order valence-corrected chi connectivity index (χ4v) is 4.38. The maximum atomic E-state index is 11.1. The third kappa shape index (κ3) is 6.34. The summed E-state index contributed by atoms with van der Waals surface area (Å²) in [5.41, 5.74) is 0.835. The number of aromatic nitrogens is 4. The van der Waals surface area contributed by atoms with Crippen LogP contribution in [0.25, 0.3) is 11.4 Å². The lowest BCUT2D eigenvalue weighted by Gasteiger charge is -2.05. The first kappa shape index (κ1) is 25.5. The van der Waals surface area contributed by atoms with E-state index in [9.17, 15) is 20.2 Å². The number of benzene rings is 1. The number of hydrogen-bond donors (Lipinski definition) is 0. The van der Waals surface area contributed by atoms with E-state index in [1.165, 1.54) is 23.9 Å². The number of nitro benzene ring substituents is 2. The van der Waals surface area contributed by atoms with Crippen LogP contribution in [0.3, 0.4) is 0 Å². The average Bonchev–Trinajstić information content (AvgIpc) is 3.55. The zero-order chi connectivity index (χ0) is 26.4. The Morgan fingerprint density at radius 1 is 1.08 bits per heavy atom. The van der Waals surface area contributed by atoms with Gasteiger partial charge in [-0.1, -0.05) is 23.6 Å². The van der Waals surface area contributed by atoms with Gasteiger partial charge in [-0.3, -0.25) is 25.2 Å². The van der Waals surface area contributed by atoms with Crippen LogP contribution in [0.15, 0.2) is 52.0 Å². The molecule has 0 fully saturated rings. The number of thioether (sulfide) groups is 1. The first-order valence-electron chi connectivity index (χ1n) is 11.1. The number of rotatable bonds is 10. The molecule has 12 nitrogen and oxygen atoms in total. The van der Waals surface area contributed by atoms with Gasteiger partial charge in [0.2, 0.25) is 5.66 Å². The first-order chi connectivity index (χ1) is 17.8. The van der Waals surface area contributed by atoms with E-state index in [4.69, 9.17) is 6.42 Å². The molecule has 0 saturated heterocycles. The van der Waals surface area contributed by atoms with Crippen molar-refractivity contribution >= 4 is 23.1 Å². The number of terminal acetylenes is 1. The van der Waals surface area contributed by atoms with E-state index in [2.05, 4.69) is 43.2 Å². The highest BCUT2D eigenvalue weighted by Crippen LogP contribution is 2.36. The topological polar surface area (TPSA) is 155 Å². The second kappa shape index (κ2) is 11.0. The summed E-state index contributed by atoms with van der Waals surface area (Å²) in [6.45, 7) is 0. The second-order valence-corrected chi connectivity index (χ2v) is 9.15. The molecule has 0 bridgehead atoms. The molecule has 186 valence electrons. The van der Waals surface area contributed by atoms with Crippen molar-refractivity contribution in [3.63, 3.8) is 0 Å². The fourth-order valence-electron chi connectivity index (χ4n) is 3.54. The van der Waals surface area contributed by atoms with Gasteiger partial charge < -0.3 is 4.57 Å². The van der Waals surface area contributed by atoms with Crippen molar-refractivity contribution in [2.24, 2.45) is 17.3 Å². The van der Waals surface area contributed by atoms with Crippen molar-refractivity contribution in [2.75, 3.05) is 0 Å². The Bertz CT molecular complexity index is 1460. The van der Waals surface area contributed by atoms with E-state index in [-0.39, 0.29) is 22.8 Å². The third-order valence-electron chi connectivity index (χ3n) is 5.46. The maximum Gasteiger partial charge on any atom is 0.276 e. The van der Waals surface area contributed by atoms with Gasteiger partial charge in [0.15, 0.2) is 11.0 Å². The number of non-ortho nitro benzene ring substituents is 2. The Hall–Kier alpha value is -4.62. The molecule has 0 radical (unpaired) electrons. The van der Waals surface area contributed by atoms with E-state index in [1.54, 1.807) is 24.0 Å². The molecule has 3 heterocycles. The minimum Gasteiger partial charge on any atom is -0.305 e. The molecule has 0 aliphatic carbocycles. The summed E-state index contributed by atoms with van der Waals surface area (Å²) in [6, 6.07) is 5.43. The number of nitrogens with zero attached hydrogens (tertiary/aromatic N) is 8. The molecule has 3 aromatic rings. The normalized spacial score (nSPS) is 12.9. The van der Waals surface area contributed by atoms with Gasteiger partial charge in [-0.15, -0.1) is 22.5 Å². The molecule has 0 spiro atoms. The summed E-state index contributed by atoms with van der Waals surface area (Å²) in [5.74, 6) is 9.65. The van der Waals surface area contributed by atoms with Crippen molar-refractivity contribution in [1.82, 2.24) is 19.7 Å². The van der Waals surface area contributed by atoms with Crippen LogP contribution in [-0.4, -0.2) is 35.3 Å². The minimum absolute atomic E-state index is 0.238. The Morgan fingerprint density at radius 2 is 1.81 bits per heavy atom. The third-order valence-corrected chi connectivity index (χ3v) is 6.55. The zero-order valence-corrected chi connectivity index (χ0v) is 20.5. The lowest BCUT2D eigenvalue weighted by Crippen LogP contribution is -2.08. The zero-order valence-electron chi connectivity index (χ0n) is 19.7. The van der Waals surface area contributed by atoms with Gasteiger partial charge in [-0.05, 0) is 24.5 Å². The average molecular weight is 517 g/mol. The molecule has 1 aliphatic heterocycles. The predicted octanol–water partition coefficient (Wildman–Crippen LogP) is 4.69. The highest BCUT2D eigenvalue weighted by Gasteiger charge is 2.38. The van der Waals surface area contributed by atoms with E-state index in [1.807, 2.05) is 6.07 Å². The van der Waals surface area contributed by atoms with Crippen molar-refractivity contribution in [2.45, 2.75) is 42.3 Å². The van der Waals surface area contributed by atoms with Crippen LogP contribution in [0.1, 0.15) is 36.8 Å². The van der Waals surface area contributed by atoms with Gasteiger partial charge in [-0.2, -0.15) is 10.2 Å². The van der Waals surface area contributed by atoms with E-state index < -0.39 is 9.85 Å². The molecule has 0 amide bonds. The van der Waals surface area contributed by atoms with E-state index in [0.29, 0.717) is 29.4 Å². The van der Waals surface area contributed by atoms with Crippen LogP contribution < -0.4 is 0 Å². The quantitative estimate of drug-likeness (QED) is 0.124. The van der Waals surface area contributed by atoms with Crippen molar-refractivity contribution in [3.05, 3.63) is 68.0 Å². The summed E-state index contributed by atoms with van der Waals surface area (Å²) in [5, 5.41) is 39.3. The molecule has 4 rings (SSSR count). The smallest absolute Gasteiger partial charge is 0.276 e. The summed E-state index contributed by atoms with van der Waals surface area (Å²) in [6.07, 6.45) is 11.5. The molecule has 0 saturated carbocycles. The van der Waals surface area contributed by atoms with Gasteiger partial charge in [0.1, 0.15) is 0 Å². The van der Waals surface area contributed by atoms with E-state index >= 15 is 0 Å². The standard InChI is InChI=1S/C24H20N8O4S/c1-3-8-24(28-29-24)9-6-4-5-7-17-10-19(15-25-14-17)22-26-27-23(30(22)2)37-16-18-11-20(31(33)34)13-21(12-18)32(35)36/h1,10-15H,4,6,8-9,16H2,2H3. The SMILES string of the molecule is C#CCC1(CCCC#Cc2cncc(-c3nnc(SCc4cc([N+](=O)[O-])cc([N+](=O)[O-])c4)n3C)c2)N=N1. The molecule has 2 aromatic heterocycles. The van der Waals surface area contributed by atoms with Crippen molar-refractivity contribution in [3.8, 4) is 35.6 Å². The first-order valence-corrected chi connectivity index (χ1v) is 12.1. The highest BCUT2D eigenvalue weighted by molar-refractivity contribution is 7.98. The van der Waals surface area contributed by atoms with Crippen LogP contribution in [0.2, 0.25) is 0 Å². The molecule has 1 aliphatic rings. The fraction of sp³-hybridized carbons (Fsp3) is 0.292. The minimum atomic E-state index is -0.654. The lowest BCUT2D eigenvalue weighted by molar-refractivity contribution is -0.394. The summed E-state index contributed by atoms with van der Waals surface area (Å²) < 4.78 is 1.76. The Balaban J connectivity index is 1.41. The van der Waals surface area contributed by atoms with Gasteiger partial charge in [0, 0.05) is 54.9 Å². The summed E-state index contributed by atoms with van der Waals surface area (Å²) >= 11 is 1.26. The van der Waals surface area contributed by atoms with Crippen LogP contribution in [0, 0.1) is 44.4 Å². The molecule has 0 N–H and O–H groups in total. The van der Waals surface area contributed by atoms with Gasteiger partial charge in [-0.25, -0.2) is 0 Å². The Kier molecular flexibility index (Phi) is 7.55. The lowest BCUT2D eigenvalue weighted by atomic mass is 10.0. The number of pyridine rings is 1. The molecule has 37 heavy (non-hydrogen) atoms. The largest absolute Gasteiger partial charge is 0.305 e. The maximum absolute atomic E-state index is 11.1. The number of hydrogen-bond acceptors (Lipinski definition) is 10. The van der Waals surface area contributed by atoms with Gasteiger partial charge >= 0.3 is 0 Å². The van der Waals surface area contributed by atoms with Crippen molar-refractivity contribution in [1.29, 1.82) is 0 Å². The number of unbranched alkanes of at least 4 members (excludes halogenated alkanes) is 1. The summed E-state index contributed by atoms with van der Waals surface area (Å²) in [7, 11) is 1.78. The summed E-state index contributed by atoms with van der Waals surface area (Å²) in [4.78, 5) is 25.2. The van der Waals surface area contributed by atoms with Crippen LogP contribution in [-0.2, 0) is 12.8 Å². The Morgan fingerprint density at radius 3 is 2.46 bits per heavy atom. The van der Waals surface area contributed by atoms with Gasteiger partial charge in [0.05, 0.1) is 22.3 Å². The molecule has 0 atom stereocenters. The van der Waals surface area contributed by atoms with E-state index in [0.717, 1.165) is 30.0 Å². The second-order valence-electron chi connectivity index (χ2n) is 8.21.